The Hall–Kier alpha value is -0.380. The number of nitrogens with two attached hydrogens (primary N) is 1. The summed E-state index contributed by atoms with van der Waals surface area (Å²) < 4.78 is 6.61. The molecule has 0 aliphatic carbocycles. The molecule has 0 aromatic heterocycles. The number of aryl methyl sites for hydroxylation is 1. The van der Waals surface area contributed by atoms with Gasteiger partial charge in [-0.05, 0) is 43.0 Å². The molecule has 0 saturated carbocycles. The first-order valence-corrected chi connectivity index (χ1v) is 6.57. The molecule has 16 heavy (non-hydrogen) atoms. The Morgan fingerprint density at radius 2 is 2.31 bits per heavy atom. The van der Waals surface area contributed by atoms with Crippen LogP contribution in [0.4, 0.5) is 0 Å². The van der Waals surface area contributed by atoms with Gasteiger partial charge in [-0.1, -0.05) is 22.0 Å². The van der Waals surface area contributed by atoms with Crippen LogP contribution in [-0.4, -0.2) is 13.2 Å². The third kappa shape index (κ3) is 2.65. The first-order valence-electron chi connectivity index (χ1n) is 5.78. The summed E-state index contributed by atoms with van der Waals surface area (Å²) >= 11 is 3.48. The summed E-state index contributed by atoms with van der Waals surface area (Å²) in [4.78, 5) is 0. The molecule has 0 amide bonds. The Morgan fingerprint density at radius 3 is 2.94 bits per heavy atom. The maximum Gasteiger partial charge on any atom is 0.0512 e. The molecule has 3 heteroatoms. The highest BCUT2D eigenvalue weighted by Crippen LogP contribution is 2.29. The molecule has 2 rings (SSSR count). The van der Waals surface area contributed by atoms with E-state index in [9.17, 15) is 0 Å². The van der Waals surface area contributed by atoms with Gasteiger partial charge in [-0.25, -0.2) is 0 Å². The van der Waals surface area contributed by atoms with Crippen molar-refractivity contribution in [2.24, 2.45) is 11.7 Å². The van der Waals surface area contributed by atoms with Gasteiger partial charge < -0.3 is 10.5 Å². The van der Waals surface area contributed by atoms with Crippen molar-refractivity contribution in [3.8, 4) is 0 Å². The third-order valence-corrected chi connectivity index (χ3v) is 3.79. The van der Waals surface area contributed by atoms with Crippen LogP contribution in [0.1, 0.15) is 30.0 Å². The van der Waals surface area contributed by atoms with Crippen molar-refractivity contribution in [1.82, 2.24) is 0 Å². The molecule has 1 heterocycles. The summed E-state index contributed by atoms with van der Waals surface area (Å²) in [5, 5.41) is 0. The third-order valence-electron chi connectivity index (χ3n) is 3.29. The van der Waals surface area contributed by atoms with Gasteiger partial charge in [0.25, 0.3) is 0 Å². The predicted molar refractivity (Wildman–Crippen MR) is 69.4 cm³/mol. The minimum absolute atomic E-state index is 0.105. The van der Waals surface area contributed by atoms with Crippen LogP contribution in [0.2, 0.25) is 0 Å². The van der Waals surface area contributed by atoms with Crippen LogP contribution in [0.15, 0.2) is 22.7 Å². The number of halogens is 1. The summed E-state index contributed by atoms with van der Waals surface area (Å²) in [6.45, 7) is 3.81. The number of ether oxygens (including phenoxy) is 1. The second kappa shape index (κ2) is 5.30. The van der Waals surface area contributed by atoms with E-state index in [1.807, 2.05) is 0 Å². The summed E-state index contributed by atoms with van der Waals surface area (Å²) in [5.41, 5.74) is 8.83. The molecule has 1 aromatic rings. The molecule has 1 fully saturated rings. The van der Waals surface area contributed by atoms with Crippen LogP contribution >= 0.6 is 15.9 Å². The standard InChI is InChI=1S/C13H18BrNO/c1-9-7-11(14)4-5-12(9)13(15)10-3-2-6-16-8-10/h4-5,7,10,13H,2-3,6,8,15H2,1H3. The highest BCUT2D eigenvalue weighted by atomic mass is 79.9. The molecule has 2 unspecified atom stereocenters. The first kappa shape index (κ1) is 12.1. The van der Waals surface area contributed by atoms with E-state index in [0.29, 0.717) is 5.92 Å². The average Bonchev–Trinajstić information content (AvgIpc) is 2.29. The van der Waals surface area contributed by atoms with E-state index >= 15 is 0 Å². The lowest BCUT2D eigenvalue weighted by Gasteiger charge is -2.28. The van der Waals surface area contributed by atoms with E-state index in [0.717, 1.165) is 24.1 Å². The number of hydrogen-bond donors (Lipinski definition) is 1. The maximum absolute atomic E-state index is 6.33. The molecule has 1 aliphatic rings. The predicted octanol–water partition coefficient (Wildman–Crippen LogP) is 3.18. The van der Waals surface area contributed by atoms with Crippen molar-refractivity contribution in [3.05, 3.63) is 33.8 Å². The molecule has 1 saturated heterocycles. The molecule has 1 aliphatic heterocycles. The first-order chi connectivity index (χ1) is 7.68. The lowest BCUT2D eigenvalue weighted by molar-refractivity contribution is 0.0447. The number of rotatable bonds is 2. The average molecular weight is 284 g/mol. The zero-order valence-electron chi connectivity index (χ0n) is 9.58. The minimum Gasteiger partial charge on any atom is -0.381 e. The van der Waals surface area contributed by atoms with E-state index in [4.69, 9.17) is 10.5 Å². The monoisotopic (exact) mass is 283 g/mol. The fraction of sp³-hybridized carbons (Fsp3) is 0.538. The van der Waals surface area contributed by atoms with Crippen LogP contribution in [0.25, 0.3) is 0 Å². The molecular weight excluding hydrogens is 266 g/mol. The second-order valence-corrected chi connectivity index (χ2v) is 5.42. The Balaban J connectivity index is 2.15. The van der Waals surface area contributed by atoms with Crippen LogP contribution in [0, 0.1) is 12.8 Å². The van der Waals surface area contributed by atoms with Crippen molar-refractivity contribution in [2.45, 2.75) is 25.8 Å². The Kier molecular flexibility index (Phi) is 4.00. The van der Waals surface area contributed by atoms with E-state index < -0.39 is 0 Å². The smallest absolute Gasteiger partial charge is 0.0512 e. The summed E-state index contributed by atoms with van der Waals surface area (Å²) in [5.74, 6) is 0.466. The SMILES string of the molecule is Cc1cc(Br)ccc1C(N)C1CCCOC1. The highest BCUT2D eigenvalue weighted by molar-refractivity contribution is 9.10. The largest absolute Gasteiger partial charge is 0.381 e. The molecular formula is C13H18BrNO. The number of hydrogen-bond acceptors (Lipinski definition) is 2. The lowest BCUT2D eigenvalue weighted by atomic mass is 9.87. The van der Waals surface area contributed by atoms with Crippen LogP contribution < -0.4 is 5.73 Å². The van der Waals surface area contributed by atoms with Crippen molar-refractivity contribution >= 4 is 15.9 Å². The van der Waals surface area contributed by atoms with Gasteiger partial charge in [0.1, 0.15) is 0 Å². The van der Waals surface area contributed by atoms with Crippen LogP contribution in [0.5, 0.6) is 0 Å². The molecule has 2 atom stereocenters. The Morgan fingerprint density at radius 1 is 1.50 bits per heavy atom. The molecule has 88 valence electrons. The van der Waals surface area contributed by atoms with E-state index in [1.165, 1.54) is 17.5 Å². The quantitative estimate of drug-likeness (QED) is 0.905. The molecule has 1 aromatic carbocycles. The zero-order valence-corrected chi connectivity index (χ0v) is 11.2. The van der Waals surface area contributed by atoms with E-state index in [-0.39, 0.29) is 6.04 Å². The fourth-order valence-corrected chi connectivity index (χ4v) is 2.79. The molecule has 0 radical (unpaired) electrons. The molecule has 0 bridgehead atoms. The van der Waals surface area contributed by atoms with Crippen molar-refractivity contribution in [2.75, 3.05) is 13.2 Å². The van der Waals surface area contributed by atoms with Gasteiger partial charge in [0.2, 0.25) is 0 Å². The topological polar surface area (TPSA) is 35.2 Å². The van der Waals surface area contributed by atoms with Gasteiger partial charge >= 0.3 is 0 Å². The highest BCUT2D eigenvalue weighted by Gasteiger charge is 2.23. The van der Waals surface area contributed by atoms with Gasteiger partial charge in [0.15, 0.2) is 0 Å². The van der Waals surface area contributed by atoms with Gasteiger partial charge in [-0.2, -0.15) is 0 Å². The Bertz CT molecular complexity index is 361. The minimum atomic E-state index is 0.105. The number of benzene rings is 1. The summed E-state index contributed by atoms with van der Waals surface area (Å²) in [6, 6.07) is 6.41. The summed E-state index contributed by atoms with van der Waals surface area (Å²) in [6.07, 6.45) is 2.31. The molecule has 0 spiro atoms. The van der Waals surface area contributed by atoms with Crippen molar-refractivity contribution in [3.63, 3.8) is 0 Å². The molecule has 2 N–H and O–H groups in total. The fourth-order valence-electron chi connectivity index (χ4n) is 2.32. The normalized spacial score (nSPS) is 23.1. The van der Waals surface area contributed by atoms with Gasteiger partial charge in [-0.15, -0.1) is 0 Å². The van der Waals surface area contributed by atoms with E-state index in [2.05, 4.69) is 41.1 Å². The van der Waals surface area contributed by atoms with Crippen LogP contribution in [0.3, 0.4) is 0 Å². The van der Waals surface area contributed by atoms with Gasteiger partial charge in [0.05, 0.1) is 6.61 Å². The molecule has 2 nitrogen and oxygen atoms in total. The summed E-state index contributed by atoms with van der Waals surface area (Å²) in [7, 11) is 0. The van der Waals surface area contributed by atoms with Gasteiger partial charge in [-0.3, -0.25) is 0 Å². The maximum atomic E-state index is 6.33. The van der Waals surface area contributed by atoms with Crippen molar-refractivity contribution in [1.29, 1.82) is 0 Å². The van der Waals surface area contributed by atoms with Gasteiger partial charge in [0, 0.05) is 23.0 Å². The zero-order chi connectivity index (χ0) is 11.5. The second-order valence-electron chi connectivity index (χ2n) is 4.50. The Labute approximate surface area is 105 Å². The van der Waals surface area contributed by atoms with Crippen molar-refractivity contribution < 1.29 is 4.74 Å². The lowest BCUT2D eigenvalue weighted by Crippen LogP contribution is -2.29. The van der Waals surface area contributed by atoms with Crippen LogP contribution in [-0.2, 0) is 4.74 Å². The van der Waals surface area contributed by atoms with E-state index in [1.54, 1.807) is 0 Å².